The molecule has 8 nitrogen and oxygen atoms in total. The summed E-state index contributed by atoms with van der Waals surface area (Å²) in [6.45, 7) is 0.434. The Kier molecular flexibility index (Phi) is 7.04. The number of nitrogen functional groups attached to an aromatic ring is 1. The van der Waals surface area contributed by atoms with Gasteiger partial charge in [0.1, 0.15) is 0 Å². The summed E-state index contributed by atoms with van der Waals surface area (Å²) in [6.07, 6.45) is 0.0236. The average Bonchev–Trinajstić information content (AvgIpc) is 2.83. The molecule has 2 fully saturated rings. The molecule has 2 aromatic rings. The lowest BCUT2D eigenvalue weighted by Crippen LogP contribution is -2.44. The number of likely N-dealkylation sites (tertiary alicyclic amines) is 2. The van der Waals surface area contributed by atoms with Gasteiger partial charge in [0.25, 0.3) is 0 Å². The third-order valence-electron chi connectivity index (χ3n) is 6.41. The quantitative estimate of drug-likeness (QED) is 0.641. The Morgan fingerprint density at radius 3 is 2.57 bits per heavy atom. The van der Waals surface area contributed by atoms with Gasteiger partial charge in [0.2, 0.25) is 23.7 Å². The lowest BCUT2D eigenvalue weighted by molar-refractivity contribution is -0.148. The Morgan fingerprint density at radius 1 is 1.11 bits per heavy atom. The number of piperidine rings is 2. The van der Waals surface area contributed by atoms with Crippen LogP contribution in [0.3, 0.4) is 0 Å². The SMILES string of the molecule is Nc1ncc(-c2cccc(C(F)(F)F)c2)c(C2CCCCN2C(=O)CCN2C(=O)CCCC2=O)n1. The summed E-state index contributed by atoms with van der Waals surface area (Å²) in [5.41, 5.74) is 6.06. The fourth-order valence-corrected chi connectivity index (χ4v) is 4.66. The third kappa shape index (κ3) is 5.44. The molecule has 3 heterocycles. The van der Waals surface area contributed by atoms with Gasteiger partial charge < -0.3 is 10.6 Å². The van der Waals surface area contributed by atoms with Crippen molar-refractivity contribution in [1.82, 2.24) is 19.8 Å². The number of nitrogens with zero attached hydrogens (tertiary/aromatic N) is 4. The van der Waals surface area contributed by atoms with E-state index < -0.39 is 17.8 Å². The molecule has 0 spiro atoms. The highest BCUT2D eigenvalue weighted by molar-refractivity contribution is 5.97. The van der Waals surface area contributed by atoms with Crippen molar-refractivity contribution >= 4 is 23.7 Å². The number of carbonyl (C=O) groups excluding carboxylic acids is 3. The fourth-order valence-electron chi connectivity index (χ4n) is 4.66. The number of amides is 3. The summed E-state index contributed by atoms with van der Waals surface area (Å²) in [6, 6.07) is 4.35. The molecule has 3 amide bonds. The van der Waals surface area contributed by atoms with Crippen LogP contribution in [0.15, 0.2) is 30.5 Å². The van der Waals surface area contributed by atoms with Gasteiger partial charge in [-0.3, -0.25) is 19.3 Å². The first-order valence-electron chi connectivity index (χ1n) is 11.6. The Morgan fingerprint density at radius 2 is 1.86 bits per heavy atom. The average molecular weight is 489 g/mol. The van der Waals surface area contributed by atoms with Crippen LogP contribution in [0.2, 0.25) is 0 Å². The lowest BCUT2D eigenvalue weighted by atomic mass is 9.93. The molecule has 1 aromatic heterocycles. The molecule has 0 saturated carbocycles. The first-order valence-corrected chi connectivity index (χ1v) is 11.6. The monoisotopic (exact) mass is 489 g/mol. The minimum Gasteiger partial charge on any atom is -0.368 e. The molecule has 2 N–H and O–H groups in total. The molecule has 4 rings (SSSR count). The predicted molar refractivity (Wildman–Crippen MR) is 120 cm³/mol. The second-order valence-electron chi connectivity index (χ2n) is 8.75. The molecule has 11 heteroatoms. The number of rotatable bonds is 5. The van der Waals surface area contributed by atoms with Crippen LogP contribution in [0.4, 0.5) is 19.1 Å². The van der Waals surface area contributed by atoms with Gasteiger partial charge in [0.15, 0.2) is 0 Å². The Labute approximate surface area is 200 Å². The second kappa shape index (κ2) is 10.0. The van der Waals surface area contributed by atoms with Gasteiger partial charge in [-0.1, -0.05) is 12.1 Å². The summed E-state index contributed by atoms with van der Waals surface area (Å²) in [5.74, 6) is -0.856. The van der Waals surface area contributed by atoms with E-state index in [2.05, 4.69) is 9.97 Å². The van der Waals surface area contributed by atoms with Crippen LogP contribution in [-0.4, -0.2) is 50.6 Å². The smallest absolute Gasteiger partial charge is 0.368 e. The van der Waals surface area contributed by atoms with Gasteiger partial charge in [0, 0.05) is 44.1 Å². The van der Waals surface area contributed by atoms with Gasteiger partial charge in [-0.05, 0) is 43.4 Å². The molecule has 0 aliphatic carbocycles. The largest absolute Gasteiger partial charge is 0.416 e. The van der Waals surface area contributed by atoms with Gasteiger partial charge in [-0.2, -0.15) is 13.2 Å². The van der Waals surface area contributed by atoms with Crippen LogP contribution >= 0.6 is 0 Å². The maximum absolute atomic E-state index is 13.3. The van der Waals surface area contributed by atoms with E-state index in [0.717, 1.165) is 29.9 Å². The molecule has 1 unspecified atom stereocenters. The topological polar surface area (TPSA) is 109 Å². The van der Waals surface area contributed by atoms with Crippen molar-refractivity contribution in [3.63, 3.8) is 0 Å². The lowest BCUT2D eigenvalue weighted by Gasteiger charge is -2.37. The number of alkyl halides is 3. The fraction of sp³-hybridized carbons (Fsp3) is 0.458. The van der Waals surface area contributed by atoms with Gasteiger partial charge >= 0.3 is 6.18 Å². The summed E-state index contributed by atoms with van der Waals surface area (Å²) < 4.78 is 39.9. The van der Waals surface area contributed by atoms with Gasteiger partial charge in [-0.25, -0.2) is 9.97 Å². The van der Waals surface area contributed by atoms with Crippen molar-refractivity contribution in [2.24, 2.45) is 0 Å². The summed E-state index contributed by atoms with van der Waals surface area (Å²) in [5, 5.41) is 0. The number of anilines is 1. The molecule has 1 aromatic carbocycles. The second-order valence-corrected chi connectivity index (χ2v) is 8.75. The van der Waals surface area contributed by atoms with Crippen LogP contribution in [0.25, 0.3) is 11.1 Å². The number of nitrogens with two attached hydrogens (primary N) is 1. The minimum absolute atomic E-state index is 0.00607. The van der Waals surface area contributed by atoms with Crippen molar-refractivity contribution in [2.75, 3.05) is 18.8 Å². The maximum Gasteiger partial charge on any atom is 0.416 e. The number of hydrogen-bond donors (Lipinski definition) is 1. The molecule has 1 atom stereocenters. The number of hydrogen-bond acceptors (Lipinski definition) is 6. The molecule has 0 radical (unpaired) electrons. The number of aromatic nitrogens is 2. The number of imide groups is 1. The first-order chi connectivity index (χ1) is 16.6. The van der Waals surface area contributed by atoms with E-state index in [9.17, 15) is 27.6 Å². The number of carbonyl (C=O) groups is 3. The van der Waals surface area contributed by atoms with Crippen LogP contribution in [0.1, 0.15) is 62.2 Å². The third-order valence-corrected chi connectivity index (χ3v) is 6.41. The summed E-state index contributed by atoms with van der Waals surface area (Å²) in [7, 11) is 0. The van der Waals surface area contributed by atoms with Crippen LogP contribution in [0.5, 0.6) is 0 Å². The zero-order valence-electron chi connectivity index (χ0n) is 19.1. The van der Waals surface area contributed by atoms with E-state index in [-0.39, 0.29) is 55.0 Å². The number of halogens is 3. The first kappa shape index (κ1) is 24.6. The Hall–Kier alpha value is -3.50. The van der Waals surface area contributed by atoms with Gasteiger partial charge in [-0.15, -0.1) is 0 Å². The standard InChI is InChI=1S/C24H26F3N5O3/c25-24(26,27)16-6-3-5-15(13-16)17-14-29-23(28)30-22(17)18-7-1-2-11-31(18)21(35)10-12-32-19(33)8-4-9-20(32)34/h3,5-6,13-14,18H,1-2,4,7-12H2,(H2,28,29,30). The molecule has 2 aliphatic heterocycles. The van der Waals surface area contributed by atoms with E-state index in [4.69, 9.17) is 5.73 Å². The molecule has 0 bridgehead atoms. The maximum atomic E-state index is 13.3. The molecule has 35 heavy (non-hydrogen) atoms. The van der Waals surface area contributed by atoms with E-state index in [1.165, 1.54) is 18.3 Å². The van der Waals surface area contributed by atoms with E-state index >= 15 is 0 Å². The van der Waals surface area contributed by atoms with Crippen LogP contribution < -0.4 is 5.73 Å². The summed E-state index contributed by atoms with van der Waals surface area (Å²) >= 11 is 0. The van der Waals surface area contributed by atoms with Crippen molar-refractivity contribution in [3.05, 3.63) is 41.7 Å². The molecular formula is C24H26F3N5O3. The molecule has 2 saturated heterocycles. The van der Waals surface area contributed by atoms with Crippen molar-refractivity contribution < 1.29 is 27.6 Å². The van der Waals surface area contributed by atoms with Crippen molar-refractivity contribution in [1.29, 1.82) is 0 Å². The highest BCUT2D eigenvalue weighted by Gasteiger charge is 2.34. The van der Waals surface area contributed by atoms with E-state index in [1.54, 1.807) is 4.90 Å². The van der Waals surface area contributed by atoms with Crippen LogP contribution in [0, 0.1) is 0 Å². The molecule has 2 aliphatic rings. The Balaban J connectivity index is 1.62. The predicted octanol–water partition coefficient (Wildman–Crippen LogP) is 3.73. The molecule has 186 valence electrons. The number of benzene rings is 1. The highest BCUT2D eigenvalue weighted by atomic mass is 19.4. The van der Waals surface area contributed by atoms with E-state index in [0.29, 0.717) is 30.6 Å². The van der Waals surface area contributed by atoms with Crippen LogP contribution in [-0.2, 0) is 20.6 Å². The van der Waals surface area contributed by atoms with Gasteiger partial charge in [0.05, 0.1) is 17.3 Å². The normalized spacial score (nSPS) is 19.2. The summed E-state index contributed by atoms with van der Waals surface area (Å²) in [4.78, 5) is 48.5. The molecular weight excluding hydrogens is 463 g/mol. The van der Waals surface area contributed by atoms with E-state index in [1.807, 2.05) is 0 Å². The van der Waals surface area contributed by atoms with Crippen molar-refractivity contribution in [2.45, 2.75) is 57.2 Å². The highest BCUT2D eigenvalue weighted by Crippen LogP contribution is 2.38. The Bertz CT molecular complexity index is 1120. The zero-order valence-corrected chi connectivity index (χ0v) is 19.1. The van der Waals surface area contributed by atoms with Crippen molar-refractivity contribution in [3.8, 4) is 11.1 Å². The zero-order chi connectivity index (χ0) is 25.2. The minimum atomic E-state index is -4.51.